The second-order valence-electron chi connectivity index (χ2n) is 9.38. The van der Waals surface area contributed by atoms with Crippen LogP contribution in [-0.4, -0.2) is 38.7 Å². The molecule has 3 heterocycles. The molecule has 0 atom stereocenters. The Balaban J connectivity index is 1.61. The van der Waals surface area contributed by atoms with Gasteiger partial charge in [0, 0.05) is 30.8 Å². The highest BCUT2D eigenvalue weighted by Gasteiger charge is 2.28. The number of benzene rings is 1. The van der Waals surface area contributed by atoms with E-state index in [-0.39, 0.29) is 11.3 Å². The molecule has 1 fully saturated rings. The van der Waals surface area contributed by atoms with E-state index in [0.29, 0.717) is 17.0 Å². The molecule has 0 bridgehead atoms. The van der Waals surface area contributed by atoms with Gasteiger partial charge in [-0.2, -0.15) is 9.61 Å². The van der Waals surface area contributed by atoms with E-state index < -0.39 is 5.60 Å². The Kier molecular flexibility index (Phi) is 5.02. The molecule has 0 radical (unpaired) electrons. The van der Waals surface area contributed by atoms with Gasteiger partial charge in [-0.25, -0.2) is 4.98 Å². The molecule has 1 aliphatic rings. The summed E-state index contributed by atoms with van der Waals surface area (Å²) in [6.45, 7) is 9.87. The van der Waals surface area contributed by atoms with E-state index in [1.807, 2.05) is 16.6 Å². The summed E-state index contributed by atoms with van der Waals surface area (Å²) in [4.78, 5) is 19.7. The topological polar surface area (TPSA) is 82.8 Å². The maximum Gasteiger partial charge on any atom is 0.256 e. The van der Waals surface area contributed by atoms with Crippen molar-refractivity contribution in [2.24, 2.45) is 5.41 Å². The van der Waals surface area contributed by atoms with Crippen molar-refractivity contribution in [2.75, 3.05) is 23.3 Å². The van der Waals surface area contributed by atoms with Crippen LogP contribution in [0.4, 0.5) is 11.6 Å². The van der Waals surface area contributed by atoms with E-state index in [2.05, 4.69) is 34.1 Å². The summed E-state index contributed by atoms with van der Waals surface area (Å²) in [5, 5.41) is 17.4. The van der Waals surface area contributed by atoms with Crippen LogP contribution in [0.1, 0.15) is 56.5 Å². The molecule has 0 unspecified atom stereocenters. The number of fused-ring (bicyclic) bond motifs is 1. The van der Waals surface area contributed by atoms with Gasteiger partial charge in [-0.05, 0) is 49.8 Å². The van der Waals surface area contributed by atoms with Crippen LogP contribution in [0.25, 0.3) is 5.65 Å². The molecule has 0 spiro atoms. The van der Waals surface area contributed by atoms with E-state index in [1.54, 1.807) is 44.3 Å². The van der Waals surface area contributed by atoms with E-state index in [4.69, 9.17) is 0 Å². The largest absolute Gasteiger partial charge is 0.386 e. The lowest BCUT2D eigenvalue weighted by atomic mass is 9.84. The Morgan fingerprint density at radius 1 is 1.20 bits per heavy atom. The molecule has 0 aliphatic carbocycles. The number of rotatable bonds is 4. The number of aliphatic hydroxyl groups is 1. The molecular weight excluding hydrogens is 378 g/mol. The third-order valence-corrected chi connectivity index (χ3v) is 5.66. The molecule has 1 aliphatic heterocycles. The second kappa shape index (κ2) is 7.40. The smallest absolute Gasteiger partial charge is 0.256 e. The minimum Gasteiger partial charge on any atom is -0.386 e. The molecule has 2 aromatic heterocycles. The van der Waals surface area contributed by atoms with Gasteiger partial charge in [-0.1, -0.05) is 26.0 Å². The second-order valence-corrected chi connectivity index (χ2v) is 9.38. The van der Waals surface area contributed by atoms with Gasteiger partial charge >= 0.3 is 0 Å². The number of hydrogen-bond donors (Lipinski definition) is 2. The lowest BCUT2D eigenvalue weighted by molar-refractivity contribution is 0.0785. The van der Waals surface area contributed by atoms with E-state index in [0.717, 1.165) is 30.9 Å². The number of nitrogens with one attached hydrogen (secondary N) is 1. The third-order valence-electron chi connectivity index (χ3n) is 5.66. The van der Waals surface area contributed by atoms with Crippen LogP contribution in [-0.2, 0) is 5.60 Å². The van der Waals surface area contributed by atoms with Crippen LogP contribution in [0.3, 0.4) is 0 Å². The molecule has 30 heavy (non-hydrogen) atoms. The van der Waals surface area contributed by atoms with Crippen molar-refractivity contribution in [3.05, 3.63) is 53.7 Å². The van der Waals surface area contributed by atoms with E-state index in [1.165, 1.54) is 6.42 Å². The van der Waals surface area contributed by atoms with Crippen LogP contribution in [0.2, 0.25) is 0 Å². The van der Waals surface area contributed by atoms with Gasteiger partial charge in [0.1, 0.15) is 11.6 Å². The number of hydrogen-bond acceptors (Lipinski definition) is 5. The molecular formula is C23H29N5O2. The van der Waals surface area contributed by atoms with Crippen molar-refractivity contribution < 1.29 is 9.90 Å². The Morgan fingerprint density at radius 2 is 1.93 bits per heavy atom. The van der Waals surface area contributed by atoms with E-state index in [9.17, 15) is 9.90 Å². The molecule has 158 valence electrons. The number of carbonyl (C=O) groups excluding carboxylic acids is 1. The van der Waals surface area contributed by atoms with Crippen LogP contribution >= 0.6 is 0 Å². The summed E-state index contributed by atoms with van der Waals surface area (Å²) in [5.74, 6) is 1.20. The highest BCUT2D eigenvalue weighted by Crippen LogP contribution is 2.32. The normalized spacial score (nSPS) is 16.6. The van der Waals surface area contributed by atoms with Crippen LogP contribution in [0.15, 0.2) is 42.6 Å². The Labute approximate surface area is 176 Å². The van der Waals surface area contributed by atoms with Crippen molar-refractivity contribution >= 4 is 23.2 Å². The summed E-state index contributed by atoms with van der Waals surface area (Å²) >= 11 is 0. The fourth-order valence-electron chi connectivity index (χ4n) is 4.02. The predicted octanol–water partition coefficient (Wildman–Crippen LogP) is 3.84. The van der Waals surface area contributed by atoms with Crippen molar-refractivity contribution in [3.63, 3.8) is 0 Å². The average molecular weight is 408 g/mol. The summed E-state index contributed by atoms with van der Waals surface area (Å²) in [6.07, 6.45) is 4.04. The fraction of sp³-hybridized carbons (Fsp3) is 0.435. The molecule has 7 nitrogen and oxygen atoms in total. The summed E-state index contributed by atoms with van der Waals surface area (Å²) < 4.78 is 1.83. The lowest BCUT2D eigenvalue weighted by Crippen LogP contribution is -2.41. The highest BCUT2D eigenvalue weighted by atomic mass is 16.3. The monoisotopic (exact) mass is 407 g/mol. The number of anilines is 2. The zero-order valence-corrected chi connectivity index (χ0v) is 18.0. The van der Waals surface area contributed by atoms with Crippen LogP contribution < -0.4 is 10.2 Å². The average Bonchev–Trinajstić information content (AvgIpc) is 3.14. The summed E-state index contributed by atoms with van der Waals surface area (Å²) in [7, 11) is 0. The molecule has 4 rings (SSSR count). The molecule has 0 saturated carbocycles. The Morgan fingerprint density at radius 3 is 2.60 bits per heavy atom. The van der Waals surface area contributed by atoms with Gasteiger partial charge in [0.25, 0.3) is 5.91 Å². The standard InChI is InChI=1S/C23H29N5O2/c1-22(2)11-5-13-27(15-22)20-14-18(25-19-10-12-24-28(19)20)26-21(29)16-6-8-17(9-7-16)23(3,4)30/h6-10,12,14,30H,5,11,13,15H2,1-4H3,(H,25,26,29). The van der Waals surface area contributed by atoms with Gasteiger partial charge in [-0.15, -0.1) is 0 Å². The van der Waals surface area contributed by atoms with Crippen LogP contribution in [0.5, 0.6) is 0 Å². The lowest BCUT2D eigenvalue weighted by Gasteiger charge is -2.39. The van der Waals surface area contributed by atoms with Crippen molar-refractivity contribution in [2.45, 2.75) is 46.1 Å². The molecule has 1 saturated heterocycles. The van der Waals surface area contributed by atoms with Gasteiger partial charge in [0.15, 0.2) is 5.65 Å². The molecule has 3 aromatic rings. The quantitative estimate of drug-likeness (QED) is 0.687. The van der Waals surface area contributed by atoms with Gasteiger partial charge in [0.2, 0.25) is 0 Å². The van der Waals surface area contributed by atoms with Crippen molar-refractivity contribution in [1.82, 2.24) is 14.6 Å². The first-order chi connectivity index (χ1) is 14.1. The minimum atomic E-state index is -0.944. The summed E-state index contributed by atoms with van der Waals surface area (Å²) in [5.41, 5.74) is 1.25. The first-order valence-electron chi connectivity index (χ1n) is 10.4. The fourth-order valence-corrected chi connectivity index (χ4v) is 4.02. The maximum absolute atomic E-state index is 12.8. The maximum atomic E-state index is 12.8. The highest BCUT2D eigenvalue weighted by molar-refractivity contribution is 6.04. The number of amides is 1. The Bertz CT molecular complexity index is 1060. The molecule has 7 heteroatoms. The van der Waals surface area contributed by atoms with Crippen molar-refractivity contribution in [3.8, 4) is 0 Å². The minimum absolute atomic E-state index is 0.229. The SMILES string of the molecule is CC1(C)CCCN(c2cc(NC(=O)c3ccc(C(C)(C)O)cc3)nc3ccnn23)C1. The number of nitrogens with zero attached hydrogens (tertiary/aromatic N) is 4. The number of aromatic nitrogens is 3. The van der Waals surface area contributed by atoms with Gasteiger partial charge in [-0.3, -0.25) is 4.79 Å². The number of piperidine rings is 1. The molecule has 2 N–H and O–H groups in total. The summed E-state index contributed by atoms with van der Waals surface area (Å²) in [6, 6.07) is 10.7. The zero-order valence-electron chi connectivity index (χ0n) is 18.0. The Hall–Kier alpha value is -2.93. The molecule has 1 amide bonds. The first kappa shape index (κ1) is 20.3. The van der Waals surface area contributed by atoms with Crippen LogP contribution in [0, 0.1) is 5.41 Å². The third kappa shape index (κ3) is 4.16. The number of carbonyl (C=O) groups is 1. The first-order valence-corrected chi connectivity index (χ1v) is 10.4. The van der Waals surface area contributed by atoms with Gasteiger partial charge in [0.05, 0.1) is 11.8 Å². The zero-order chi connectivity index (χ0) is 21.5. The van der Waals surface area contributed by atoms with Gasteiger partial charge < -0.3 is 15.3 Å². The molecule has 1 aromatic carbocycles. The predicted molar refractivity (Wildman–Crippen MR) is 118 cm³/mol. The van der Waals surface area contributed by atoms with Crippen molar-refractivity contribution in [1.29, 1.82) is 0 Å². The van der Waals surface area contributed by atoms with E-state index >= 15 is 0 Å².